The third-order valence-electron chi connectivity index (χ3n) is 3.37. The lowest BCUT2D eigenvalue weighted by molar-refractivity contribution is 0.586. The summed E-state index contributed by atoms with van der Waals surface area (Å²) in [6.07, 6.45) is 2.46. The van der Waals surface area contributed by atoms with Crippen LogP contribution in [0.5, 0.6) is 0 Å². The first-order valence-electron chi connectivity index (χ1n) is 7.53. The maximum absolute atomic E-state index is 4.76. The smallest absolute Gasteiger partial charge is 0.128 e. The Morgan fingerprint density at radius 2 is 2.00 bits per heavy atom. The number of aromatic nitrogens is 1. The highest BCUT2D eigenvalue weighted by Crippen LogP contribution is 2.15. The number of rotatable bonds is 8. The Bertz CT molecular complexity index is 374. The van der Waals surface area contributed by atoms with E-state index in [9.17, 15) is 0 Å². The number of unbranched alkanes of at least 4 members (excludes halogenated alkanes) is 1. The number of anilines is 1. The molecule has 0 unspecified atom stereocenters. The molecule has 1 aromatic rings. The van der Waals surface area contributed by atoms with E-state index in [-0.39, 0.29) is 0 Å². The highest BCUT2D eigenvalue weighted by molar-refractivity contribution is 5.41. The lowest BCUT2D eigenvalue weighted by Gasteiger charge is -2.22. The molecule has 0 aliphatic carbocycles. The summed E-state index contributed by atoms with van der Waals surface area (Å²) in [6, 6.07) is 4.88. The largest absolute Gasteiger partial charge is 0.357 e. The van der Waals surface area contributed by atoms with Crippen molar-refractivity contribution in [2.24, 2.45) is 0 Å². The van der Waals surface area contributed by atoms with Gasteiger partial charge in [0.2, 0.25) is 0 Å². The van der Waals surface area contributed by atoms with Crippen molar-refractivity contribution in [3.63, 3.8) is 0 Å². The summed E-state index contributed by atoms with van der Waals surface area (Å²) in [4.78, 5) is 7.12. The Kier molecular flexibility index (Phi) is 6.85. The van der Waals surface area contributed by atoms with E-state index >= 15 is 0 Å². The van der Waals surface area contributed by atoms with Gasteiger partial charge < -0.3 is 10.2 Å². The minimum Gasteiger partial charge on any atom is -0.357 e. The zero-order valence-corrected chi connectivity index (χ0v) is 13.2. The molecule has 0 saturated heterocycles. The minimum absolute atomic E-state index is 0.510. The molecule has 0 radical (unpaired) electrons. The van der Waals surface area contributed by atoms with E-state index in [1.54, 1.807) is 0 Å². The zero-order chi connectivity index (χ0) is 14.3. The molecule has 0 aliphatic rings. The van der Waals surface area contributed by atoms with Gasteiger partial charge in [-0.1, -0.05) is 33.3 Å². The summed E-state index contributed by atoms with van der Waals surface area (Å²) < 4.78 is 0. The Morgan fingerprint density at radius 3 is 2.53 bits per heavy atom. The molecule has 1 heterocycles. The second-order valence-electron chi connectivity index (χ2n) is 5.38. The zero-order valence-electron chi connectivity index (χ0n) is 13.2. The quantitative estimate of drug-likeness (QED) is 0.778. The fourth-order valence-corrected chi connectivity index (χ4v) is 2.04. The van der Waals surface area contributed by atoms with E-state index in [1.165, 1.54) is 18.4 Å². The molecule has 0 amide bonds. The molecule has 0 atom stereocenters. The summed E-state index contributed by atoms with van der Waals surface area (Å²) in [5.41, 5.74) is 2.43. The summed E-state index contributed by atoms with van der Waals surface area (Å²) >= 11 is 0. The van der Waals surface area contributed by atoms with Crippen LogP contribution in [0.25, 0.3) is 0 Å². The maximum atomic E-state index is 4.76. The number of pyridine rings is 1. The Morgan fingerprint density at radius 1 is 1.26 bits per heavy atom. The van der Waals surface area contributed by atoms with E-state index in [1.807, 2.05) is 0 Å². The first-order chi connectivity index (χ1) is 9.08. The third kappa shape index (κ3) is 5.19. The maximum Gasteiger partial charge on any atom is 0.128 e. The monoisotopic (exact) mass is 263 g/mol. The molecular formula is C16H29N3. The molecule has 1 N–H and O–H groups in total. The average Bonchev–Trinajstić information content (AvgIpc) is 2.38. The molecule has 0 saturated carbocycles. The van der Waals surface area contributed by atoms with E-state index in [4.69, 9.17) is 4.98 Å². The summed E-state index contributed by atoms with van der Waals surface area (Å²) in [7, 11) is 0. The van der Waals surface area contributed by atoms with Gasteiger partial charge in [-0.3, -0.25) is 0 Å². The van der Waals surface area contributed by atoms with Crippen molar-refractivity contribution in [2.45, 2.75) is 60.0 Å². The fraction of sp³-hybridized carbons (Fsp3) is 0.688. The SMILES string of the molecule is CCCCN(CC)c1ccc(CNC(C)C)c(C)n1. The van der Waals surface area contributed by atoms with Crippen LogP contribution < -0.4 is 10.2 Å². The van der Waals surface area contributed by atoms with Crippen LogP contribution in [0, 0.1) is 6.92 Å². The molecule has 3 nitrogen and oxygen atoms in total. The summed E-state index contributed by atoms with van der Waals surface area (Å²) in [6.45, 7) is 13.9. The molecule has 1 aromatic heterocycles. The van der Waals surface area contributed by atoms with Gasteiger partial charge in [0.15, 0.2) is 0 Å². The van der Waals surface area contributed by atoms with Crippen molar-refractivity contribution in [3.8, 4) is 0 Å². The predicted molar refractivity (Wildman–Crippen MR) is 83.7 cm³/mol. The van der Waals surface area contributed by atoms with Gasteiger partial charge in [0.05, 0.1) is 0 Å². The van der Waals surface area contributed by atoms with Gasteiger partial charge in [-0.05, 0) is 31.9 Å². The molecule has 0 spiro atoms. The Balaban J connectivity index is 2.73. The summed E-state index contributed by atoms with van der Waals surface area (Å²) in [5, 5.41) is 3.45. The van der Waals surface area contributed by atoms with Crippen molar-refractivity contribution < 1.29 is 0 Å². The fourth-order valence-electron chi connectivity index (χ4n) is 2.04. The molecule has 0 aliphatic heterocycles. The molecule has 1 rings (SSSR count). The van der Waals surface area contributed by atoms with Crippen molar-refractivity contribution >= 4 is 5.82 Å². The highest BCUT2D eigenvalue weighted by atomic mass is 15.2. The number of aryl methyl sites for hydroxylation is 1. The number of hydrogen-bond acceptors (Lipinski definition) is 3. The van der Waals surface area contributed by atoms with Crippen LogP contribution in [0.2, 0.25) is 0 Å². The van der Waals surface area contributed by atoms with Gasteiger partial charge in [-0.15, -0.1) is 0 Å². The first kappa shape index (κ1) is 16.0. The van der Waals surface area contributed by atoms with Gasteiger partial charge in [-0.2, -0.15) is 0 Å². The van der Waals surface area contributed by atoms with Crippen molar-refractivity contribution in [1.82, 2.24) is 10.3 Å². The lowest BCUT2D eigenvalue weighted by Crippen LogP contribution is -2.26. The van der Waals surface area contributed by atoms with Crippen molar-refractivity contribution in [2.75, 3.05) is 18.0 Å². The second kappa shape index (κ2) is 8.16. The van der Waals surface area contributed by atoms with Gasteiger partial charge in [-0.25, -0.2) is 4.98 Å². The normalized spacial score (nSPS) is 11.1. The highest BCUT2D eigenvalue weighted by Gasteiger charge is 2.08. The molecule has 3 heteroatoms. The van der Waals surface area contributed by atoms with Gasteiger partial charge in [0, 0.05) is 31.4 Å². The number of nitrogens with zero attached hydrogens (tertiary/aromatic N) is 2. The second-order valence-corrected chi connectivity index (χ2v) is 5.38. The van der Waals surface area contributed by atoms with Crippen LogP contribution in [0.1, 0.15) is 51.8 Å². The number of nitrogens with one attached hydrogen (secondary N) is 1. The van der Waals surface area contributed by atoms with Crippen LogP contribution >= 0.6 is 0 Å². The predicted octanol–water partition coefficient (Wildman–Crippen LogP) is 3.51. The topological polar surface area (TPSA) is 28.2 Å². The van der Waals surface area contributed by atoms with E-state index in [0.717, 1.165) is 31.1 Å². The van der Waals surface area contributed by atoms with Gasteiger partial charge in [0.1, 0.15) is 5.82 Å². The van der Waals surface area contributed by atoms with E-state index < -0.39 is 0 Å². The third-order valence-corrected chi connectivity index (χ3v) is 3.37. The minimum atomic E-state index is 0.510. The molecule has 0 bridgehead atoms. The molecular weight excluding hydrogens is 234 g/mol. The van der Waals surface area contributed by atoms with Crippen molar-refractivity contribution in [3.05, 3.63) is 23.4 Å². The Hall–Kier alpha value is -1.09. The van der Waals surface area contributed by atoms with E-state index in [0.29, 0.717) is 6.04 Å². The molecule has 0 fully saturated rings. The van der Waals surface area contributed by atoms with Gasteiger partial charge in [0.25, 0.3) is 0 Å². The van der Waals surface area contributed by atoms with Crippen LogP contribution in [0.3, 0.4) is 0 Å². The lowest BCUT2D eigenvalue weighted by atomic mass is 10.2. The Labute approximate surface area is 118 Å². The molecule has 108 valence electrons. The van der Waals surface area contributed by atoms with Crippen molar-refractivity contribution in [1.29, 1.82) is 0 Å². The molecule has 0 aromatic carbocycles. The standard InChI is InChI=1S/C16H29N3/c1-6-8-11-19(7-2)16-10-9-15(14(5)18-16)12-17-13(3)4/h9-10,13,17H,6-8,11-12H2,1-5H3. The van der Waals surface area contributed by atoms with Crippen LogP contribution in [-0.2, 0) is 6.54 Å². The van der Waals surface area contributed by atoms with E-state index in [2.05, 4.69) is 57.0 Å². The molecule has 19 heavy (non-hydrogen) atoms. The summed E-state index contributed by atoms with van der Waals surface area (Å²) in [5.74, 6) is 1.11. The van der Waals surface area contributed by atoms with Crippen LogP contribution in [-0.4, -0.2) is 24.1 Å². The van der Waals surface area contributed by atoms with Crippen LogP contribution in [0.15, 0.2) is 12.1 Å². The number of hydrogen-bond donors (Lipinski definition) is 1. The first-order valence-corrected chi connectivity index (χ1v) is 7.53. The van der Waals surface area contributed by atoms with Gasteiger partial charge >= 0.3 is 0 Å². The van der Waals surface area contributed by atoms with Crippen LogP contribution in [0.4, 0.5) is 5.82 Å². The average molecular weight is 263 g/mol.